The third-order valence-corrected chi connectivity index (χ3v) is 1.18. The zero-order valence-corrected chi connectivity index (χ0v) is 5.74. The lowest BCUT2D eigenvalue weighted by atomic mass is 10.7. The van der Waals surface area contributed by atoms with Gasteiger partial charge in [0.2, 0.25) is 0 Å². The van der Waals surface area contributed by atoms with Crippen molar-refractivity contribution < 1.29 is 9.15 Å². The van der Waals surface area contributed by atoms with Gasteiger partial charge >= 0.3 is 5.76 Å². The Kier molecular flexibility index (Phi) is 2.28. The Morgan fingerprint density at radius 3 is 3.10 bits per heavy atom. The highest BCUT2D eigenvalue weighted by molar-refractivity contribution is 4.68. The predicted octanol–water partition coefficient (Wildman–Crippen LogP) is 0.0877. The minimum Gasteiger partial charge on any atom is -0.416 e. The van der Waals surface area contributed by atoms with Crippen LogP contribution in [0.5, 0.6) is 0 Å². The second-order valence-corrected chi connectivity index (χ2v) is 1.86. The molecule has 1 heterocycles. The first-order valence-corrected chi connectivity index (χ1v) is 2.97. The van der Waals surface area contributed by atoms with Crippen LogP contribution < -0.4 is 5.76 Å². The number of methoxy groups -OCH3 is 1. The number of ether oxygens (including phenoxy) is 1. The second-order valence-electron chi connectivity index (χ2n) is 1.86. The summed E-state index contributed by atoms with van der Waals surface area (Å²) in [5, 5.41) is 0. The first-order chi connectivity index (χ1) is 4.84. The van der Waals surface area contributed by atoms with Crippen molar-refractivity contribution in [2.45, 2.75) is 6.54 Å². The fourth-order valence-electron chi connectivity index (χ4n) is 0.646. The van der Waals surface area contributed by atoms with Crippen molar-refractivity contribution in [3.63, 3.8) is 0 Å². The Morgan fingerprint density at radius 2 is 2.60 bits per heavy atom. The van der Waals surface area contributed by atoms with Crippen LogP contribution in [-0.4, -0.2) is 18.3 Å². The number of hydrogen-bond acceptors (Lipinski definition) is 3. The van der Waals surface area contributed by atoms with Crippen molar-refractivity contribution in [1.29, 1.82) is 0 Å². The molecule has 1 rings (SSSR count). The fourth-order valence-corrected chi connectivity index (χ4v) is 0.646. The summed E-state index contributed by atoms with van der Waals surface area (Å²) in [5.41, 5.74) is 0. The molecule has 0 aliphatic heterocycles. The van der Waals surface area contributed by atoms with Crippen LogP contribution in [0, 0.1) is 0 Å². The minimum absolute atomic E-state index is 0.336. The van der Waals surface area contributed by atoms with Gasteiger partial charge in [-0.05, 0) is 0 Å². The highest BCUT2D eigenvalue weighted by Crippen LogP contribution is 1.81. The van der Waals surface area contributed by atoms with E-state index in [2.05, 4.69) is 4.42 Å². The van der Waals surface area contributed by atoms with Crippen LogP contribution in [0.4, 0.5) is 0 Å². The van der Waals surface area contributed by atoms with Gasteiger partial charge in [-0.15, -0.1) is 0 Å². The van der Waals surface area contributed by atoms with Crippen LogP contribution >= 0.6 is 0 Å². The molecule has 0 N–H and O–H groups in total. The summed E-state index contributed by atoms with van der Waals surface area (Å²) >= 11 is 0. The quantitative estimate of drug-likeness (QED) is 0.602. The van der Waals surface area contributed by atoms with Crippen LogP contribution in [0.2, 0.25) is 0 Å². The number of oxazole rings is 1. The molecule has 0 spiro atoms. The Balaban J connectivity index is 2.57. The van der Waals surface area contributed by atoms with Crippen LogP contribution in [0.1, 0.15) is 0 Å². The van der Waals surface area contributed by atoms with Crippen LogP contribution in [-0.2, 0) is 11.3 Å². The highest BCUT2D eigenvalue weighted by atomic mass is 16.5. The zero-order chi connectivity index (χ0) is 7.40. The average Bonchev–Trinajstić information content (AvgIpc) is 2.31. The molecule has 0 aliphatic rings. The van der Waals surface area contributed by atoms with E-state index in [1.807, 2.05) is 0 Å². The molecule has 0 saturated carbocycles. The van der Waals surface area contributed by atoms with Gasteiger partial charge in [-0.1, -0.05) is 0 Å². The van der Waals surface area contributed by atoms with E-state index < -0.39 is 0 Å². The van der Waals surface area contributed by atoms with Crippen molar-refractivity contribution in [3.8, 4) is 0 Å². The van der Waals surface area contributed by atoms with Crippen molar-refractivity contribution in [1.82, 2.24) is 4.57 Å². The maximum absolute atomic E-state index is 10.7. The summed E-state index contributed by atoms with van der Waals surface area (Å²) in [7, 11) is 1.59. The van der Waals surface area contributed by atoms with Gasteiger partial charge in [0.05, 0.1) is 13.2 Å². The summed E-state index contributed by atoms with van der Waals surface area (Å²) in [6.07, 6.45) is 2.94. The monoisotopic (exact) mass is 143 g/mol. The SMILES string of the molecule is COCCn1ccoc1=O. The van der Waals surface area contributed by atoms with E-state index in [-0.39, 0.29) is 5.76 Å². The van der Waals surface area contributed by atoms with E-state index >= 15 is 0 Å². The largest absolute Gasteiger partial charge is 0.418 e. The van der Waals surface area contributed by atoms with Crippen molar-refractivity contribution in [2.75, 3.05) is 13.7 Å². The van der Waals surface area contributed by atoms with E-state index in [4.69, 9.17) is 4.74 Å². The normalized spacial score (nSPS) is 10.1. The molecule has 0 saturated heterocycles. The summed E-state index contributed by atoms with van der Waals surface area (Å²) in [5.74, 6) is -0.336. The molecule has 1 aromatic heterocycles. The van der Waals surface area contributed by atoms with Gasteiger partial charge < -0.3 is 9.15 Å². The Morgan fingerprint density at radius 1 is 1.80 bits per heavy atom. The average molecular weight is 143 g/mol. The van der Waals surface area contributed by atoms with E-state index in [0.717, 1.165) is 0 Å². The molecule has 0 bridgehead atoms. The molecular formula is C6H9NO3. The van der Waals surface area contributed by atoms with Gasteiger partial charge in [-0.2, -0.15) is 0 Å². The van der Waals surface area contributed by atoms with E-state index in [1.165, 1.54) is 10.8 Å². The molecule has 4 heteroatoms. The smallest absolute Gasteiger partial charge is 0.416 e. The third-order valence-electron chi connectivity index (χ3n) is 1.18. The maximum Gasteiger partial charge on any atom is 0.418 e. The molecule has 1 aromatic rings. The molecule has 0 atom stereocenters. The van der Waals surface area contributed by atoms with Crippen LogP contribution in [0.15, 0.2) is 21.7 Å². The zero-order valence-electron chi connectivity index (χ0n) is 5.74. The van der Waals surface area contributed by atoms with Crippen LogP contribution in [0.25, 0.3) is 0 Å². The van der Waals surface area contributed by atoms with Crippen molar-refractivity contribution in [2.24, 2.45) is 0 Å². The third kappa shape index (κ3) is 1.48. The first kappa shape index (κ1) is 7.08. The number of aromatic nitrogens is 1. The molecule has 0 aromatic carbocycles. The summed E-state index contributed by atoms with van der Waals surface area (Å²) in [6.45, 7) is 1.07. The molecule has 0 radical (unpaired) electrons. The molecule has 10 heavy (non-hydrogen) atoms. The van der Waals surface area contributed by atoms with Crippen LogP contribution in [0.3, 0.4) is 0 Å². The van der Waals surface area contributed by atoms with Crippen molar-refractivity contribution in [3.05, 3.63) is 23.0 Å². The van der Waals surface area contributed by atoms with E-state index in [9.17, 15) is 4.79 Å². The Bertz CT molecular complexity index is 237. The molecule has 0 unspecified atom stereocenters. The first-order valence-electron chi connectivity index (χ1n) is 2.97. The van der Waals surface area contributed by atoms with Gasteiger partial charge in [-0.3, -0.25) is 4.57 Å². The number of rotatable bonds is 3. The lowest BCUT2D eigenvalue weighted by Crippen LogP contribution is -2.15. The van der Waals surface area contributed by atoms with Gasteiger partial charge in [0, 0.05) is 13.3 Å². The van der Waals surface area contributed by atoms with Crippen molar-refractivity contribution >= 4 is 0 Å². The van der Waals surface area contributed by atoms with Gasteiger partial charge in [0.25, 0.3) is 0 Å². The summed E-state index contributed by atoms with van der Waals surface area (Å²) in [4.78, 5) is 10.7. The number of nitrogens with zero attached hydrogens (tertiary/aromatic N) is 1. The predicted molar refractivity (Wildman–Crippen MR) is 34.8 cm³/mol. The molecule has 0 amide bonds. The van der Waals surface area contributed by atoms with E-state index in [0.29, 0.717) is 13.2 Å². The molecule has 0 fully saturated rings. The lowest BCUT2D eigenvalue weighted by Gasteiger charge is -1.95. The van der Waals surface area contributed by atoms with Gasteiger partial charge in [-0.25, -0.2) is 4.79 Å². The molecule has 4 nitrogen and oxygen atoms in total. The Labute approximate surface area is 58.0 Å². The lowest BCUT2D eigenvalue weighted by molar-refractivity contribution is 0.185. The molecule has 0 aliphatic carbocycles. The number of hydrogen-bond donors (Lipinski definition) is 0. The highest BCUT2D eigenvalue weighted by Gasteiger charge is 1.94. The fraction of sp³-hybridized carbons (Fsp3) is 0.500. The van der Waals surface area contributed by atoms with Gasteiger partial charge in [0.1, 0.15) is 6.26 Å². The summed E-state index contributed by atoms with van der Waals surface area (Å²) < 4.78 is 10.7. The summed E-state index contributed by atoms with van der Waals surface area (Å²) in [6, 6.07) is 0. The molecular weight excluding hydrogens is 134 g/mol. The molecule has 56 valence electrons. The maximum atomic E-state index is 10.7. The minimum atomic E-state index is -0.336. The van der Waals surface area contributed by atoms with E-state index in [1.54, 1.807) is 13.3 Å². The standard InChI is InChI=1S/C6H9NO3/c1-9-4-2-7-3-5-10-6(7)8/h3,5H,2,4H2,1H3. The second kappa shape index (κ2) is 3.22. The topological polar surface area (TPSA) is 44.4 Å². The Hall–Kier alpha value is -1.03. The van der Waals surface area contributed by atoms with Gasteiger partial charge in [0.15, 0.2) is 0 Å².